The fraction of sp³-hybridized carbons (Fsp3) is 0.136. The van der Waals surface area contributed by atoms with Gasteiger partial charge in [0.15, 0.2) is 11.5 Å². The number of anilines is 1. The Morgan fingerprint density at radius 1 is 1.10 bits per heavy atom. The first kappa shape index (κ1) is 21.1. The van der Waals surface area contributed by atoms with Crippen LogP contribution >= 0.6 is 23.2 Å². The lowest BCUT2D eigenvalue weighted by Crippen LogP contribution is -2.13. The van der Waals surface area contributed by atoms with Crippen LogP contribution in [0.1, 0.15) is 27.4 Å². The molecule has 0 spiro atoms. The summed E-state index contributed by atoms with van der Waals surface area (Å²) in [5.41, 5.74) is 3.69. The molecule has 0 atom stereocenters. The maximum Gasteiger partial charge on any atom is 0.277 e. The van der Waals surface area contributed by atoms with Crippen LogP contribution in [0.5, 0.6) is 0 Å². The molecule has 0 aliphatic carbocycles. The highest BCUT2D eigenvalue weighted by Gasteiger charge is 2.19. The summed E-state index contributed by atoms with van der Waals surface area (Å²) in [5.74, 6) is -0.420. The van der Waals surface area contributed by atoms with Crippen molar-refractivity contribution in [2.75, 3.05) is 5.32 Å². The van der Waals surface area contributed by atoms with Crippen molar-refractivity contribution in [1.29, 1.82) is 0 Å². The third-order valence-corrected chi connectivity index (χ3v) is 5.55. The summed E-state index contributed by atoms with van der Waals surface area (Å²) in [6, 6.07) is 12.6. The summed E-state index contributed by atoms with van der Waals surface area (Å²) in [4.78, 5) is 12.7. The Kier molecular flexibility index (Phi) is 5.80. The second-order valence-corrected chi connectivity index (χ2v) is 7.80. The van der Waals surface area contributed by atoms with E-state index in [4.69, 9.17) is 27.7 Å². The Hall–Kier alpha value is -3.16. The van der Waals surface area contributed by atoms with Crippen LogP contribution in [0.25, 0.3) is 11.3 Å². The third kappa shape index (κ3) is 4.47. The van der Waals surface area contributed by atoms with Crippen LogP contribution in [0.15, 0.2) is 53.1 Å². The van der Waals surface area contributed by atoms with Gasteiger partial charge in [0.25, 0.3) is 5.91 Å². The van der Waals surface area contributed by atoms with E-state index in [1.807, 2.05) is 13.0 Å². The lowest BCUT2D eigenvalue weighted by molar-refractivity contribution is 0.101. The van der Waals surface area contributed by atoms with Gasteiger partial charge in [-0.3, -0.25) is 9.48 Å². The topological polar surface area (TPSA) is 73.0 Å². The highest BCUT2D eigenvalue weighted by Crippen LogP contribution is 2.26. The van der Waals surface area contributed by atoms with E-state index < -0.39 is 5.91 Å². The van der Waals surface area contributed by atoms with E-state index in [9.17, 15) is 9.18 Å². The van der Waals surface area contributed by atoms with Gasteiger partial charge in [-0.15, -0.1) is 0 Å². The molecule has 0 aliphatic rings. The predicted octanol–water partition coefficient (Wildman–Crippen LogP) is 5.90. The van der Waals surface area contributed by atoms with Crippen molar-refractivity contribution in [3.8, 4) is 11.3 Å². The standard InChI is InChI=1S/C22H17Cl2FN4O2/c1-12-21(13(2)29(27-12)11-14-3-8-17(23)18(24)9-14)26-22(30)19-10-20(31-28-19)15-4-6-16(25)7-5-15/h3-10H,11H2,1-2H3,(H,26,30). The number of aromatic nitrogens is 3. The maximum absolute atomic E-state index is 13.1. The van der Waals surface area contributed by atoms with Crippen LogP contribution < -0.4 is 5.32 Å². The summed E-state index contributed by atoms with van der Waals surface area (Å²) < 4.78 is 20.1. The first-order valence-electron chi connectivity index (χ1n) is 9.34. The molecule has 2 heterocycles. The van der Waals surface area contributed by atoms with Crippen molar-refractivity contribution >= 4 is 34.8 Å². The first-order valence-corrected chi connectivity index (χ1v) is 10.1. The quantitative estimate of drug-likeness (QED) is 0.403. The molecule has 0 saturated carbocycles. The molecule has 0 radical (unpaired) electrons. The minimum absolute atomic E-state index is 0.107. The van der Waals surface area contributed by atoms with Gasteiger partial charge in [-0.1, -0.05) is 34.4 Å². The van der Waals surface area contributed by atoms with Gasteiger partial charge in [-0.2, -0.15) is 5.10 Å². The van der Waals surface area contributed by atoms with Crippen LogP contribution in [0.3, 0.4) is 0 Å². The fourth-order valence-corrected chi connectivity index (χ4v) is 3.47. The number of nitrogens with zero attached hydrogens (tertiary/aromatic N) is 3. The molecule has 0 unspecified atom stereocenters. The van der Waals surface area contributed by atoms with E-state index in [0.717, 1.165) is 11.3 Å². The van der Waals surface area contributed by atoms with Gasteiger partial charge in [0, 0.05) is 11.6 Å². The molecule has 1 N–H and O–H groups in total. The van der Waals surface area contributed by atoms with Crippen molar-refractivity contribution in [3.05, 3.63) is 87.0 Å². The molecule has 0 aliphatic heterocycles. The normalized spacial score (nSPS) is 11.0. The second-order valence-electron chi connectivity index (χ2n) is 6.99. The van der Waals surface area contributed by atoms with Gasteiger partial charge in [-0.25, -0.2) is 4.39 Å². The number of carbonyl (C=O) groups excluding carboxylic acids is 1. The van der Waals surface area contributed by atoms with Crippen molar-refractivity contribution in [1.82, 2.24) is 14.9 Å². The number of benzene rings is 2. The summed E-state index contributed by atoms with van der Waals surface area (Å²) in [6.45, 7) is 4.14. The van der Waals surface area contributed by atoms with Crippen LogP contribution in [0.2, 0.25) is 10.0 Å². The van der Waals surface area contributed by atoms with Gasteiger partial charge in [0.2, 0.25) is 0 Å². The van der Waals surface area contributed by atoms with Crippen molar-refractivity contribution in [2.45, 2.75) is 20.4 Å². The van der Waals surface area contributed by atoms with Crippen molar-refractivity contribution < 1.29 is 13.7 Å². The number of nitrogens with one attached hydrogen (secondary N) is 1. The number of halogens is 3. The Labute approximate surface area is 187 Å². The monoisotopic (exact) mass is 458 g/mol. The van der Waals surface area contributed by atoms with Crippen LogP contribution in [0.4, 0.5) is 10.1 Å². The zero-order valence-corrected chi connectivity index (χ0v) is 18.1. The van der Waals surface area contributed by atoms with Crippen LogP contribution in [-0.4, -0.2) is 20.8 Å². The van der Waals surface area contributed by atoms with Crippen LogP contribution in [-0.2, 0) is 6.54 Å². The molecule has 2 aromatic heterocycles. The molecule has 0 fully saturated rings. The van der Waals surface area contributed by atoms with Gasteiger partial charge in [-0.05, 0) is 55.8 Å². The lowest BCUT2D eigenvalue weighted by Gasteiger charge is -2.07. The molecule has 1 amide bonds. The maximum atomic E-state index is 13.1. The Morgan fingerprint density at radius 3 is 2.55 bits per heavy atom. The molecule has 31 heavy (non-hydrogen) atoms. The van der Waals surface area contributed by atoms with Gasteiger partial charge in [0.1, 0.15) is 5.82 Å². The third-order valence-electron chi connectivity index (χ3n) is 4.81. The molecule has 4 rings (SSSR count). The minimum Gasteiger partial charge on any atom is -0.355 e. The predicted molar refractivity (Wildman–Crippen MR) is 117 cm³/mol. The summed E-state index contributed by atoms with van der Waals surface area (Å²) >= 11 is 12.1. The Balaban J connectivity index is 1.52. The molecule has 0 bridgehead atoms. The van der Waals surface area contributed by atoms with Gasteiger partial charge >= 0.3 is 0 Å². The van der Waals surface area contributed by atoms with Gasteiger partial charge in [0.05, 0.1) is 33.7 Å². The van der Waals surface area contributed by atoms with E-state index in [2.05, 4.69) is 15.6 Å². The van der Waals surface area contributed by atoms with E-state index in [1.54, 1.807) is 35.9 Å². The number of hydrogen-bond donors (Lipinski definition) is 1. The van der Waals surface area contributed by atoms with E-state index in [0.29, 0.717) is 39.3 Å². The fourth-order valence-electron chi connectivity index (χ4n) is 3.15. The molecule has 4 aromatic rings. The minimum atomic E-state index is -0.433. The van der Waals surface area contributed by atoms with Gasteiger partial charge < -0.3 is 9.84 Å². The van der Waals surface area contributed by atoms with Crippen molar-refractivity contribution in [3.63, 3.8) is 0 Å². The second kappa shape index (κ2) is 8.53. The largest absolute Gasteiger partial charge is 0.355 e. The van der Waals surface area contributed by atoms with E-state index >= 15 is 0 Å². The first-order chi connectivity index (χ1) is 14.8. The molecular formula is C22H17Cl2FN4O2. The SMILES string of the molecule is Cc1nn(Cc2ccc(Cl)c(Cl)c2)c(C)c1NC(=O)c1cc(-c2ccc(F)cc2)on1. The number of carbonyl (C=O) groups is 1. The molecule has 9 heteroatoms. The number of amides is 1. The summed E-state index contributed by atoms with van der Waals surface area (Å²) in [5, 5.41) is 12.1. The molecule has 0 saturated heterocycles. The molecular weight excluding hydrogens is 442 g/mol. The highest BCUT2D eigenvalue weighted by atomic mass is 35.5. The smallest absolute Gasteiger partial charge is 0.277 e. The zero-order chi connectivity index (χ0) is 22.1. The van der Waals surface area contributed by atoms with Crippen molar-refractivity contribution in [2.24, 2.45) is 0 Å². The Morgan fingerprint density at radius 2 is 1.84 bits per heavy atom. The Bertz CT molecular complexity index is 1270. The highest BCUT2D eigenvalue weighted by molar-refractivity contribution is 6.42. The zero-order valence-electron chi connectivity index (χ0n) is 16.6. The molecule has 6 nitrogen and oxygen atoms in total. The van der Waals surface area contributed by atoms with E-state index in [-0.39, 0.29) is 11.5 Å². The average molecular weight is 459 g/mol. The van der Waals surface area contributed by atoms with E-state index in [1.165, 1.54) is 18.2 Å². The van der Waals surface area contributed by atoms with Crippen LogP contribution in [0, 0.1) is 19.7 Å². The number of aryl methyl sites for hydroxylation is 1. The molecule has 158 valence electrons. The summed E-state index contributed by atoms with van der Waals surface area (Å²) in [6.07, 6.45) is 0. The molecule has 2 aromatic carbocycles. The lowest BCUT2D eigenvalue weighted by atomic mass is 10.1. The number of hydrogen-bond acceptors (Lipinski definition) is 4. The average Bonchev–Trinajstić information content (AvgIpc) is 3.33. The summed E-state index contributed by atoms with van der Waals surface area (Å²) in [7, 11) is 0. The number of rotatable bonds is 5.